The number of hydrogen-bond donors (Lipinski definition) is 1. The van der Waals surface area contributed by atoms with Gasteiger partial charge in [-0.2, -0.15) is 0 Å². The van der Waals surface area contributed by atoms with Gasteiger partial charge in [-0.05, 0) is 24.1 Å². The number of para-hydroxylation sites is 1. The zero-order chi connectivity index (χ0) is 26.5. The van der Waals surface area contributed by atoms with Crippen LogP contribution in [0.15, 0.2) is 48.4 Å². The third-order valence-electron chi connectivity index (χ3n) is 5.29. The lowest BCUT2D eigenvalue weighted by molar-refractivity contribution is -0.116. The molecular weight excluding hydrogens is 491 g/mol. The maximum absolute atomic E-state index is 14.9. The van der Waals surface area contributed by atoms with E-state index in [0.29, 0.717) is 40.3 Å². The molecular formula is C25H25FN2O7S. The van der Waals surface area contributed by atoms with Crippen molar-refractivity contribution in [2.45, 2.75) is 19.2 Å². The lowest BCUT2D eigenvalue weighted by Gasteiger charge is -2.14. The van der Waals surface area contributed by atoms with E-state index in [-0.39, 0.29) is 30.2 Å². The Morgan fingerprint density at radius 1 is 1.17 bits per heavy atom. The molecule has 11 heteroatoms. The fraction of sp³-hybridized carbons (Fsp3) is 0.240. The van der Waals surface area contributed by atoms with Crippen LogP contribution in [0, 0.1) is 5.82 Å². The molecule has 0 saturated heterocycles. The van der Waals surface area contributed by atoms with E-state index in [4.69, 9.17) is 9.47 Å². The quantitative estimate of drug-likeness (QED) is 0.179. The number of H-pyrrole nitrogens is 1. The number of nitrogens with one attached hydrogen (secondary N) is 1. The average molecular weight is 517 g/mol. The van der Waals surface area contributed by atoms with Crippen LogP contribution in [0.25, 0.3) is 22.0 Å². The first kappa shape index (κ1) is 26.6. The van der Waals surface area contributed by atoms with Crippen LogP contribution < -0.4 is 0 Å². The summed E-state index contributed by atoms with van der Waals surface area (Å²) in [6, 6.07) is 9.24. The number of sulfone groups is 1. The summed E-state index contributed by atoms with van der Waals surface area (Å²) in [7, 11) is -2.15. The Kier molecular flexibility index (Phi) is 8.25. The number of allylic oxidation sites excluding steroid dienone is 1. The van der Waals surface area contributed by atoms with Crippen molar-refractivity contribution in [3.05, 3.63) is 71.0 Å². The molecule has 0 aliphatic carbocycles. The molecule has 190 valence electrons. The molecule has 1 amide bonds. The Bertz CT molecular complexity index is 1440. The number of carbonyl (C=O) groups excluding carboxylic acids is 3. The van der Waals surface area contributed by atoms with E-state index in [1.807, 2.05) is 0 Å². The van der Waals surface area contributed by atoms with Gasteiger partial charge < -0.3 is 19.4 Å². The molecule has 1 N–H and O–H groups in total. The minimum Gasteiger partial charge on any atom is -0.492 e. The number of benzene rings is 2. The van der Waals surface area contributed by atoms with E-state index in [0.717, 1.165) is 6.26 Å². The maximum Gasteiger partial charge on any atom is 0.355 e. The molecule has 0 bridgehead atoms. The first-order valence-corrected chi connectivity index (χ1v) is 12.9. The summed E-state index contributed by atoms with van der Waals surface area (Å²) in [6.07, 6.45) is 3.24. The second kappa shape index (κ2) is 11.2. The van der Waals surface area contributed by atoms with Gasteiger partial charge in [-0.25, -0.2) is 17.6 Å². The van der Waals surface area contributed by atoms with Crippen LogP contribution in [0.2, 0.25) is 0 Å². The second-order valence-electron chi connectivity index (χ2n) is 7.94. The number of nitrogens with zero attached hydrogens (tertiary/aromatic N) is 1. The first-order valence-electron chi connectivity index (χ1n) is 10.8. The number of halogens is 1. The molecule has 0 unspecified atom stereocenters. The lowest BCUT2D eigenvalue weighted by Crippen LogP contribution is -2.16. The molecule has 1 aromatic heterocycles. The Labute approximate surface area is 207 Å². The van der Waals surface area contributed by atoms with E-state index in [1.165, 1.54) is 36.4 Å². The maximum atomic E-state index is 14.9. The topological polar surface area (TPSA) is 123 Å². The molecule has 2 aromatic carbocycles. The summed E-state index contributed by atoms with van der Waals surface area (Å²) in [4.78, 5) is 39.7. The first-order chi connectivity index (χ1) is 17.1. The number of hydrogen-bond acceptors (Lipinski definition) is 7. The predicted octanol–water partition coefficient (Wildman–Crippen LogP) is 3.34. The summed E-state index contributed by atoms with van der Waals surface area (Å²) in [5, 5.41) is 0.558. The Balaban J connectivity index is 2.18. The number of aldehydes is 1. The van der Waals surface area contributed by atoms with Crippen LogP contribution in [0.4, 0.5) is 4.39 Å². The van der Waals surface area contributed by atoms with Gasteiger partial charge >= 0.3 is 5.97 Å². The van der Waals surface area contributed by atoms with Crippen molar-refractivity contribution >= 4 is 39.4 Å². The van der Waals surface area contributed by atoms with Gasteiger partial charge in [0.05, 0.1) is 37.7 Å². The molecule has 0 aliphatic rings. The van der Waals surface area contributed by atoms with Crippen molar-refractivity contribution in [2.75, 3.05) is 20.0 Å². The minimum atomic E-state index is -3.45. The van der Waals surface area contributed by atoms with E-state index in [9.17, 15) is 27.2 Å². The van der Waals surface area contributed by atoms with Gasteiger partial charge in [0, 0.05) is 22.8 Å². The largest absolute Gasteiger partial charge is 0.492 e. The van der Waals surface area contributed by atoms with Gasteiger partial charge in [0.15, 0.2) is 21.9 Å². The normalized spacial score (nSPS) is 11.8. The third kappa shape index (κ3) is 5.98. The summed E-state index contributed by atoms with van der Waals surface area (Å²) >= 11 is 0. The number of methoxy groups -OCH3 is 1. The smallest absolute Gasteiger partial charge is 0.355 e. The third-order valence-corrected chi connectivity index (χ3v) is 6.13. The lowest BCUT2D eigenvalue weighted by atomic mass is 9.99. The minimum absolute atomic E-state index is 0.0111. The van der Waals surface area contributed by atoms with Crippen molar-refractivity contribution in [1.29, 1.82) is 0 Å². The van der Waals surface area contributed by atoms with E-state index >= 15 is 0 Å². The van der Waals surface area contributed by atoms with E-state index in [1.54, 1.807) is 25.1 Å². The Hall–Kier alpha value is -3.99. The van der Waals surface area contributed by atoms with Crippen LogP contribution in [0.3, 0.4) is 0 Å². The monoisotopic (exact) mass is 516 g/mol. The van der Waals surface area contributed by atoms with Crippen LogP contribution >= 0.6 is 0 Å². The summed E-state index contributed by atoms with van der Waals surface area (Å²) in [5.74, 6) is -1.90. The van der Waals surface area contributed by atoms with E-state index in [2.05, 4.69) is 4.98 Å². The number of carbonyl (C=O) groups is 3. The standard InChI is InChI=1S/C25H25FN2O7S/c1-4-35-25(31)24-22(16-8-9-18(21(26)10-16)14-36(3,32)33)20-7-5-6-17(23(20)27-24)11-28(15-30)12-19(13-29)34-2/h5-10,12-13,15,27H,4,11,14H2,1-3H3/b19-12-. The van der Waals surface area contributed by atoms with Gasteiger partial charge in [-0.15, -0.1) is 0 Å². The van der Waals surface area contributed by atoms with Crippen molar-refractivity contribution in [1.82, 2.24) is 9.88 Å². The highest BCUT2D eigenvalue weighted by molar-refractivity contribution is 7.89. The van der Waals surface area contributed by atoms with Gasteiger partial charge in [0.25, 0.3) is 0 Å². The van der Waals surface area contributed by atoms with Crippen LogP contribution in [-0.4, -0.2) is 56.9 Å². The molecule has 0 aliphatic heterocycles. The van der Waals surface area contributed by atoms with Crippen molar-refractivity contribution in [2.24, 2.45) is 0 Å². The highest BCUT2D eigenvalue weighted by Gasteiger charge is 2.23. The van der Waals surface area contributed by atoms with Crippen molar-refractivity contribution in [3.8, 4) is 11.1 Å². The molecule has 0 radical (unpaired) electrons. The molecule has 0 saturated carbocycles. The number of fused-ring (bicyclic) bond motifs is 1. The number of esters is 1. The Morgan fingerprint density at radius 3 is 2.50 bits per heavy atom. The molecule has 3 aromatic rings. The van der Waals surface area contributed by atoms with E-state index < -0.39 is 27.4 Å². The molecule has 36 heavy (non-hydrogen) atoms. The fourth-order valence-electron chi connectivity index (χ4n) is 3.77. The van der Waals surface area contributed by atoms with Gasteiger partial charge in [0.2, 0.25) is 6.41 Å². The molecule has 9 nitrogen and oxygen atoms in total. The molecule has 0 spiro atoms. The van der Waals surface area contributed by atoms with Gasteiger partial charge in [-0.3, -0.25) is 9.59 Å². The second-order valence-corrected chi connectivity index (χ2v) is 10.1. The summed E-state index contributed by atoms with van der Waals surface area (Å²) < 4.78 is 48.2. The number of rotatable bonds is 11. The van der Waals surface area contributed by atoms with Gasteiger partial charge in [-0.1, -0.05) is 30.3 Å². The van der Waals surface area contributed by atoms with Crippen LogP contribution in [-0.2, 0) is 41.2 Å². The van der Waals surface area contributed by atoms with Crippen molar-refractivity contribution in [3.63, 3.8) is 0 Å². The summed E-state index contributed by atoms with van der Waals surface area (Å²) in [6.45, 7) is 1.79. The zero-order valence-corrected chi connectivity index (χ0v) is 20.7. The highest BCUT2D eigenvalue weighted by atomic mass is 32.2. The molecule has 0 fully saturated rings. The summed E-state index contributed by atoms with van der Waals surface area (Å²) in [5.41, 5.74) is 1.90. The molecule has 0 atom stereocenters. The number of amides is 1. The highest BCUT2D eigenvalue weighted by Crippen LogP contribution is 2.36. The number of ether oxygens (including phenoxy) is 2. The van der Waals surface area contributed by atoms with Crippen LogP contribution in [0.5, 0.6) is 0 Å². The number of aromatic amines is 1. The molecule has 3 rings (SSSR count). The predicted molar refractivity (Wildman–Crippen MR) is 131 cm³/mol. The number of aromatic nitrogens is 1. The zero-order valence-electron chi connectivity index (χ0n) is 19.9. The average Bonchev–Trinajstić information content (AvgIpc) is 3.23. The van der Waals surface area contributed by atoms with Gasteiger partial charge in [0.1, 0.15) is 11.5 Å². The fourth-order valence-corrected chi connectivity index (χ4v) is 4.57. The molecule has 1 heterocycles. The van der Waals surface area contributed by atoms with Crippen molar-refractivity contribution < 1.29 is 36.7 Å². The van der Waals surface area contributed by atoms with Crippen LogP contribution in [0.1, 0.15) is 28.5 Å². The SMILES string of the molecule is CCOC(=O)c1[nH]c2c(CN(C=O)/C=C(/C=O)OC)cccc2c1-c1ccc(CS(C)(=O)=O)c(F)c1. The Morgan fingerprint density at radius 2 is 1.92 bits per heavy atom.